The number of benzene rings is 1. The Kier molecular flexibility index (Phi) is 5.02. The highest BCUT2D eigenvalue weighted by molar-refractivity contribution is 6.30. The molecule has 90 valence electrons. The molecule has 1 aromatic rings. The molecule has 0 bridgehead atoms. The summed E-state index contributed by atoms with van der Waals surface area (Å²) < 4.78 is 5.00. The van der Waals surface area contributed by atoms with Crippen LogP contribution in [0.25, 0.3) is 0 Å². The maximum Gasteiger partial charge on any atom is 0.120 e. The smallest absolute Gasteiger partial charge is 0.120 e. The number of hydrogen-bond acceptors (Lipinski definition) is 4. The zero-order chi connectivity index (χ0) is 12.1. The summed E-state index contributed by atoms with van der Waals surface area (Å²) in [6.45, 7) is -0.185. The number of aliphatic hydroxyl groups excluding tert-OH is 3. The number of ether oxygens (including phenoxy) is 1. The van der Waals surface area contributed by atoms with Crippen molar-refractivity contribution in [1.29, 1.82) is 0 Å². The molecule has 0 fully saturated rings. The standard InChI is InChI=1S/C11H15ClO4/c1-16-9-5-7(4-8(12)6-9)11(15)10(14)2-3-13/h4-6,10-11,13-15H,2-3H2,1H3. The van der Waals surface area contributed by atoms with E-state index in [9.17, 15) is 10.2 Å². The molecule has 5 heteroatoms. The van der Waals surface area contributed by atoms with E-state index >= 15 is 0 Å². The Morgan fingerprint density at radius 3 is 2.56 bits per heavy atom. The molecule has 1 aromatic carbocycles. The Morgan fingerprint density at radius 2 is 2.00 bits per heavy atom. The summed E-state index contributed by atoms with van der Waals surface area (Å²) in [5.74, 6) is 0.512. The molecule has 0 aliphatic carbocycles. The maximum atomic E-state index is 9.79. The Bertz CT molecular complexity index is 343. The van der Waals surface area contributed by atoms with Crippen LogP contribution in [0.15, 0.2) is 18.2 Å². The molecule has 0 saturated heterocycles. The van der Waals surface area contributed by atoms with Crippen LogP contribution >= 0.6 is 11.6 Å². The fourth-order valence-corrected chi connectivity index (χ4v) is 1.62. The van der Waals surface area contributed by atoms with Gasteiger partial charge in [-0.25, -0.2) is 0 Å². The predicted molar refractivity (Wildman–Crippen MR) is 60.7 cm³/mol. The van der Waals surface area contributed by atoms with Gasteiger partial charge in [0.25, 0.3) is 0 Å². The van der Waals surface area contributed by atoms with E-state index in [4.69, 9.17) is 21.4 Å². The van der Waals surface area contributed by atoms with Crippen molar-refractivity contribution in [3.63, 3.8) is 0 Å². The number of halogens is 1. The van der Waals surface area contributed by atoms with Gasteiger partial charge in [0.05, 0.1) is 13.2 Å². The van der Waals surface area contributed by atoms with Gasteiger partial charge in [0.15, 0.2) is 0 Å². The third-order valence-corrected chi connectivity index (χ3v) is 2.48. The summed E-state index contributed by atoms with van der Waals surface area (Å²) in [4.78, 5) is 0. The van der Waals surface area contributed by atoms with Crippen molar-refractivity contribution in [1.82, 2.24) is 0 Å². The molecule has 0 saturated carbocycles. The lowest BCUT2D eigenvalue weighted by Gasteiger charge is -2.18. The number of hydrogen-bond donors (Lipinski definition) is 3. The predicted octanol–water partition coefficient (Wildman–Crippen LogP) is 1.13. The Labute approximate surface area is 99.1 Å². The van der Waals surface area contributed by atoms with Crippen LogP contribution in [0.3, 0.4) is 0 Å². The lowest BCUT2D eigenvalue weighted by Crippen LogP contribution is -2.19. The minimum atomic E-state index is -1.08. The maximum absolute atomic E-state index is 9.79. The second-order valence-electron chi connectivity index (χ2n) is 3.45. The summed E-state index contributed by atoms with van der Waals surface area (Å²) in [6, 6.07) is 4.75. The SMILES string of the molecule is COc1cc(Cl)cc(C(O)C(O)CCO)c1. The van der Waals surface area contributed by atoms with Gasteiger partial charge < -0.3 is 20.1 Å². The Morgan fingerprint density at radius 1 is 1.31 bits per heavy atom. The van der Waals surface area contributed by atoms with E-state index in [2.05, 4.69) is 0 Å². The van der Waals surface area contributed by atoms with E-state index in [1.54, 1.807) is 18.2 Å². The summed E-state index contributed by atoms with van der Waals surface area (Å²) in [6.07, 6.45) is -2.00. The van der Waals surface area contributed by atoms with Crippen LogP contribution in [-0.2, 0) is 0 Å². The first-order valence-corrected chi connectivity index (χ1v) is 5.27. The van der Waals surface area contributed by atoms with Crippen molar-refractivity contribution in [2.75, 3.05) is 13.7 Å². The van der Waals surface area contributed by atoms with Gasteiger partial charge in [0.1, 0.15) is 11.9 Å². The van der Waals surface area contributed by atoms with E-state index in [1.807, 2.05) is 0 Å². The average molecular weight is 247 g/mol. The Balaban J connectivity index is 2.89. The highest BCUT2D eigenvalue weighted by Gasteiger charge is 2.18. The Hall–Kier alpha value is -0.810. The summed E-state index contributed by atoms with van der Waals surface area (Å²) >= 11 is 5.83. The van der Waals surface area contributed by atoms with E-state index in [0.29, 0.717) is 16.3 Å². The average Bonchev–Trinajstić information content (AvgIpc) is 2.27. The van der Waals surface area contributed by atoms with E-state index in [0.717, 1.165) is 0 Å². The van der Waals surface area contributed by atoms with Crippen molar-refractivity contribution in [2.24, 2.45) is 0 Å². The second-order valence-corrected chi connectivity index (χ2v) is 3.89. The third-order valence-electron chi connectivity index (χ3n) is 2.26. The number of methoxy groups -OCH3 is 1. The summed E-state index contributed by atoms with van der Waals surface area (Å²) in [7, 11) is 1.49. The molecule has 0 aliphatic rings. The molecule has 0 aliphatic heterocycles. The van der Waals surface area contributed by atoms with Crippen LogP contribution in [0.5, 0.6) is 5.75 Å². The molecular formula is C11H15ClO4. The number of rotatable bonds is 5. The first-order chi connectivity index (χ1) is 7.58. The van der Waals surface area contributed by atoms with E-state index in [-0.39, 0.29) is 13.0 Å². The van der Waals surface area contributed by atoms with Crippen molar-refractivity contribution in [3.05, 3.63) is 28.8 Å². The molecule has 0 amide bonds. The van der Waals surface area contributed by atoms with Gasteiger partial charge >= 0.3 is 0 Å². The lowest BCUT2D eigenvalue weighted by molar-refractivity contribution is 0.00414. The molecule has 16 heavy (non-hydrogen) atoms. The van der Waals surface area contributed by atoms with Gasteiger partial charge in [0.2, 0.25) is 0 Å². The molecule has 0 heterocycles. The molecule has 2 atom stereocenters. The second kappa shape index (κ2) is 6.06. The van der Waals surface area contributed by atoms with Crippen LogP contribution in [0.4, 0.5) is 0 Å². The van der Waals surface area contributed by atoms with Gasteiger partial charge in [-0.2, -0.15) is 0 Å². The van der Waals surface area contributed by atoms with Crippen LogP contribution in [0, 0.1) is 0 Å². The van der Waals surface area contributed by atoms with Crippen molar-refractivity contribution >= 4 is 11.6 Å². The van der Waals surface area contributed by atoms with Crippen LogP contribution in [0.2, 0.25) is 5.02 Å². The van der Waals surface area contributed by atoms with Gasteiger partial charge in [-0.05, 0) is 30.2 Å². The monoisotopic (exact) mass is 246 g/mol. The molecule has 0 spiro atoms. The molecule has 4 nitrogen and oxygen atoms in total. The van der Waals surface area contributed by atoms with E-state index in [1.165, 1.54) is 7.11 Å². The van der Waals surface area contributed by atoms with Crippen LogP contribution in [0.1, 0.15) is 18.1 Å². The molecule has 2 unspecified atom stereocenters. The largest absolute Gasteiger partial charge is 0.497 e. The zero-order valence-corrected chi connectivity index (χ0v) is 9.68. The molecule has 0 aromatic heterocycles. The summed E-state index contributed by atoms with van der Waals surface area (Å²) in [5, 5.41) is 28.4. The van der Waals surface area contributed by atoms with Gasteiger partial charge in [-0.3, -0.25) is 0 Å². The van der Waals surface area contributed by atoms with Gasteiger partial charge in [-0.15, -0.1) is 0 Å². The van der Waals surface area contributed by atoms with E-state index < -0.39 is 12.2 Å². The molecular weight excluding hydrogens is 232 g/mol. The fraction of sp³-hybridized carbons (Fsp3) is 0.455. The third kappa shape index (κ3) is 3.35. The van der Waals surface area contributed by atoms with Crippen LogP contribution < -0.4 is 4.74 Å². The quantitative estimate of drug-likeness (QED) is 0.728. The first kappa shape index (κ1) is 13.3. The van der Waals surface area contributed by atoms with Crippen molar-refractivity contribution in [3.8, 4) is 5.75 Å². The normalized spacial score (nSPS) is 14.6. The van der Waals surface area contributed by atoms with Gasteiger partial charge in [-0.1, -0.05) is 11.6 Å². The van der Waals surface area contributed by atoms with Crippen molar-refractivity contribution in [2.45, 2.75) is 18.6 Å². The fourth-order valence-electron chi connectivity index (χ4n) is 1.39. The highest BCUT2D eigenvalue weighted by atomic mass is 35.5. The molecule has 3 N–H and O–H groups in total. The van der Waals surface area contributed by atoms with Gasteiger partial charge in [0, 0.05) is 11.6 Å². The van der Waals surface area contributed by atoms with Crippen molar-refractivity contribution < 1.29 is 20.1 Å². The summed E-state index contributed by atoms with van der Waals surface area (Å²) in [5.41, 5.74) is 0.463. The minimum Gasteiger partial charge on any atom is -0.497 e. The highest BCUT2D eigenvalue weighted by Crippen LogP contribution is 2.27. The zero-order valence-electron chi connectivity index (χ0n) is 8.93. The molecule has 1 rings (SSSR count). The van der Waals surface area contributed by atoms with Crippen LogP contribution in [-0.4, -0.2) is 35.1 Å². The topological polar surface area (TPSA) is 69.9 Å². The molecule has 0 radical (unpaired) electrons. The minimum absolute atomic E-state index is 0.107. The lowest BCUT2D eigenvalue weighted by atomic mass is 10.0. The first-order valence-electron chi connectivity index (χ1n) is 4.90. The number of aliphatic hydroxyl groups is 3.